The van der Waals surface area contributed by atoms with E-state index in [0.717, 1.165) is 11.0 Å². The Balaban J connectivity index is 1.58. The smallest absolute Gasteiger partial charge is 0.252 e. The molecule has 2 aliphatic rings. The molecule has 11 heteroatoms. The first-order valence-electron chi connectivity index (χ1n) is 12.7. The van der Waals surface area contributed by atoms with Crippen molar-refractivity contribution in [2.75, 3.05) is 9.80 Å². The van der Waals surface area contributed by atoms with E-state index in [1.807, 2.05) is 6.07 Å². The molecule has 8 nitrogen and oxygen atoms in total. The summed E-state index contributed by atoms with van der Waals surface area (Å²) in [7, 11) is 0. The molecular weight excluding hydrogens is 523 g/mol. The van der Waals surface area contributed by atoms with Crippen LogP contribution in [-0.4, -0.2) is 40.7 Å². The number of aromatic nitrogens is 1. The summed E-state index contributed by atoms with van der Waals surface area (Å²) < 4.78 is 41.5. The molecule has 1 aromatic heterocycles. The lowest BCUT2D eigenvalue weighted by molar-refractivity contribution is -0.133. The van der Waals surface area contributed by atoms with Gasteiger partial charge >= 0.3 is 0 Å². The number of anilines is 2. The summed E-state index contributed by atoms with van der Waals surface area (Å²) in [4.78, 5) is 47.5. The third kappa shape index (κ3) is 5.38. The number of carbonyl (C=O) groups is 3. The molecule has 204 valence electrons. The van der Waals surface area contributed by atoms with Crippen LogP contribution in [0.2, 0.25) is 0 Å². The van der Waals surface area contributed by atoms with Gasteiger partial charge in [0.15, 0.2) is 0 Å². The number of pyridine rings is 1. The third-order valence-electron chi connectivity index (χ3n) is 7.00. The third-order valence-corrected chi connectivity index (χ3v) is 7.00. The largest absolute Gasteiger partial charge is 0.351 e. The average molecular weight is 548 g/mol. The zero-order valence-electron chi connectivity index (χ0n) is 21.1. The molecule has 3 aromatic rings. The van der Waals surface area contributed by atoms with Crippen LogP contribution in [0.1, 0.15) is 42.9 Å². The molecule has 0 unspecified atom stereocenters. The van der Waals surface area contributed by atoms with Gasteiger partial charge in [-0.1, -0.05) is 36.4 Å². The molecule has 2 atom stereocenters. The van der Waals surface area contributed by atoms with Gasteiger partial charge in [-0.2, -0.15) is 5.26 Å². The van der Waals surface area contributed by atoms with E-state index in [0.29, 0.717) is 5.56 Å². The van der Waals surface area contributed by atoms with E-state index in [-0.39, 0.29) is 29.9 Å². The minimum atomic E-state index is -2.88. The molecule has 2 heterocycles. The molecule has 1 saturated carbocycles. The molecule has 2 fully saturated rings. The molecule has 0 bridgehead atoms. The van der Waals surface area contributed by atoms with Crippen LogP contribution in [-0.2, 0) is 14.4 Å². The van der Waals surface area contributed by atoms with Crippen LogP contribution in [0.3, 0.4) is 0 Å². The Kier molecular flexibility index (Phi) is 7.26. The lowest BCUT2D eigenvalue weighted by Gasteiger charge is -2.39. The van der Waals surface area contributed by atoms with Crippen molar-refractivity contribution in [3.8, 4) is 6.07 Å². The summed E-state index contributed by atoms with van der Waals surface area (Å²) in [5, 5.41) is 11.9. The molecule has 40 heavy (non-hydrogen) atoms. The minimum absolute atomic E-state index is 0.00517. The summed E-state index contributed by atoms with van der Waals surface area (Å²) in [5.41, 5.74) is 0.645. The highest BCUT2D eigenvalue weighted by molar-refractivity contribution is 6.10. The number of halogens is 3. The zero-order chi connectivity index (χ0) is 28.4. The number of nitrogens with zero attached hydrogens (tertiary/aromatic N) is 4. The van der Waals surface area contributed by atoms with Crippen LogP contribution in [0.4, 0.5) is 24.7 Å². The number of nitrogens with one attached hydrogen (secondary N) is 1. The molecule has 0 radical (unpaired) electrons. The van der Waals surface area contributed by atoms with Crippen molar-refractivity contribution >= 4 is 29.2 Å². The molecule has 1 aliphatic carbocycles. The Morgan fingerprint density at radius 1 is 1.10 bits per heavy atom. The second-order valence-corrected chi connectivity index (χ2v) is 9.80. The van der Waals surface area contributed by atoms with Crippen LogP contribution < -0.4 is 15.1 Å². The fraction of sp³-hybridized carbons (Fsp3) is 0.276. The van der Waals surface area contributed by atoms with Crippen LogP contribution in [0.25, 0.3) is 0 Å². The summed E-state index contributed by atoms with van der Waals surface area (Å²) in [5.74, 6) is -5.26. The molecule has 0 spiro atoms. The highest BCUT2D eigenvalue weighted by atomic mass is 19.3. The molecule has 2 aromatic carbocycles. The quantitative estimate of drug-likeness (QED) is 0.476. The normalized spacial score (nSPS) is 18.9. The molecule has 5 rings (SSSR count). The second kappa shape index (κ2) is 10.8. The maximum absolute atomic E-state index is 14.5. The zero-order valence-corrected chi connectivity index (χ0v) is 21.1. The van der Waals surface area contributed by atoms with Crippen LogP contribution in [0.5, 0.6) is 0 Å². The number of nitriles is 1. The predicted molar refractivity (Wildman–Crippen MR) is 139 cm³/mol. The van der Waals surface area contributed by atoms with Gasteiger partial charge in [-0.25, -0.2) is 18.2 Å². The van der Waals surface area contributed by atoms with E-state index < -0.39 is 60.4 Å². The van der Waals surface area contributed by atoms with E-state index in [1.165, 1.54) is 41.4 Å². The minimum Gasteiger partial charge on any atom is -0.351 e. The van der Waals surface area contributed by atoms with Gasteiger partial charge in [0.25, 0.3) is 11.8 Å². The van der Waals surface area contributed by atoms with E-state index >= 15 is 0 Å². The first-order chi connectivity index (χ1) is 19.2. The van der Waals surface area contributed by atoms with Crippen LogP contribution >= 0.6 is 0 Å². The Morgan fingerprint density at radius 2 is 1.85 bits per heavy atom. The van der Waals surface area contributed by atoms with Gasteiger partial charge in [-0.05, 0) is 42.3 Å². The highest BCUT2D eigenvalue weighted by Crippen LogP contribution is 2.39. The first-order valence-corrected chi connectivity index (χ1v) is 12.7. The summed E-state index contributed by atoms with van der Waals surface area (Å²) in [6, 6.07) is 14.9. The van der Waals surface area contributed by atoms with Crippen molar-refractivity contribution in [3.05, 3.63) is 89.9 Å². The van der Waals surface area contributed by atoms with Crippen LogP contribution in [0, 0.1) is 17.1 Å². The molecular formula is C29H24F3N5O3. The predicted octanol–water partition coefficient (Wildman–Crippen LogP) is 4.28. The lowest BCUT2D eigenvalue weighted by Crippen LogP contribution is -2.56. The maximum atomic E-state index is 14.5. The number of hydrogen-bond acceptors (Lipinski definition) is 5. The van der Waals surface area contributed by atoms with Crippen LogP contribution in [0.15, 0.2) is 72.9 Å². The maximum Gasteiger partial charge on any atom is 0.252 e. The molecule has 1 N–H and O–H groups in total. The summed E-state index contributed by atoms with van der Waals surface area (Å²) in [6.45, 7) is 0. The van der Waals surface area contributed by atoms with Crippen molar-refractivity contribution < 1.29 is 27.6 Å². The van der Waals surface area contributed by atoms with Crippen molar-refractivity contribution in [3.63, 3.8) is 0 Å². The van der Waals surface area contributed by atoms with Gasteiger partial charge in [-0.3, -0.25) is 24.2 Å². The topological polar surface area (TPSA) is 106 Å². The standard InChI is InChI=1S/C29H24F3N5O3/c30-20-7-4-8-22(14-20)36(26(19-5-2-1-3-6-19)27(39)35-21-15-29(31,32)16-21)28(40)23-9-10-25(38)37(23)24-13-18(17-33)11-12-34-24/h1-8,11-14,21,23,26H,9-10,15-16H2,(H,35,39)/t23-,26-/m0/s1. The summed E-state index contributed by atoms with van der Waals surface area (Å²) in [6.07, 6.45) is 0.380. The fourth-order valence-electron chi connectivity index (χ4n) is 5.11. The Bertz CT molecular complexity index is 1490. The lowest BCUT2D eigenvalue weighted by atomic mass is 9.87. The van der Waals surface area contributed by atoms with Gasteiger partial charge in [-0.15, -0.1) is 0 Å². The van der Waals surface area contributed by atoms with Gasteiger partial charge in [0.1, 0.15) is 23.7 Å². The van der Waals surface area contributed by atoms with Crippen molar-refractivity contribution in [1.29, 1.82) is 5.26 Å². The van der Waals surface area contributed by atoms with E-state index in [9.17, 15) is 32.8 Å². The number of alkyl halides is 2. The number of benzene rings is 2. The Hall–Kier alpha value is -4.72. The van der Waals surface area contributed by atoms with E-state index in [4.69, 9.17) is 0 Å². The highest BCUT2D eigenvalue weighted by Gasteiger charge is 2.48. The van der Waals surface area contributed by atoms with Crippen molar-refractivity contribution in [1.82, 2.24) is 10.3 Å². The molecule has 3 amide bonds. The van der Waals surface area contributed by atoms with Gasteiger partial charge in [0, 0.05) is 37.2 Å². The molecule has 1 saturated heterocycles. The van der Waals surface area contributed by atoms with E-state index in [1.54, 1.807) is 30.3 Å². The van der Waals surface area contributed by atoms with Gasteiger partial charge in [0.05, 0.1) is 11.6 Å². The number of rotatable bonds is 7. The second-order valence-electron chi connectivity index (χ2n) is 9.80. The van der Waals surface area contributed by atoms with E-state index in [2.05, 4.69) is 10.3 Å². The van der Waals surface area contributed by atoms with Gasteiger partial charge < -0.3 is 5.32 Å². The van der Waals surface area contributed by atoms with Crippen molar-refractivity contribution in [2.45, 2.75) is 49.7 Å². The summed E-state index contributed by atoms with van der Waals surface area (Å²) >= 11 is 0. The Morgan fingerprint density at radius 3 is 2.52 bits per heavy atom. The molecule has 1 aliphatic heterocycles. The van der Waals surface area contributed by atoms with Crippen molar-refractivity contribution in [2.24, 2.45) is 0 Å². The Labute approximate surface area is 228 Å². The number of carbonyl (C=O) groups excluding carboxylic acids is 3. The average Bonchev–Trinajstić information content (AvgIpc) is 3.32. The monoisotopic (exact) mass is 547 g/mol. The fourth-order valence-corrected chi connectivity index (χ4v) is 5.11. The van der Waals surface area contributed by atoms with Gasteiger partial charge in [0.2, 0.25) is 11.8 Å². The number of hydrogen-bond donors (Lipinski definition) is 1. The SMILES string of the molecule is N#Cc1ccnc(N2C(=O)CC[C@H]2C(=O)N(c2cccc(F)c2)[C@H](C(=O)NC2CC(F)(F)C2)c2ccccc2)c1. The first kappa shape index (κ1) is 26.9. The number of amides is 3.